The molecule has 0 radical (unpaired) electrons. The molecule has 3 heteroatoms. The van der Waals surface area contributed by atoms with Crippen LogP contribution in [0.25, 0.3) is 0 Å². The monoisotopic (exact) mass is 269 g/mol. The van der Waals surface area contributed by atoms with Crippen molar-refractivity contribution in [2.45, 2.75) is 22.6 Å². The van der Waals surface area contributed by atoms with Crippen molar-refractivity contribution in [2.24, 2.45) is 0 Å². The fraction of sp³-hybridized carbons (Fsp3) is 0.188. The molecule has 0 unspecified atom stereocenters. The van der Waals surface area contributed by atoms with Gasteiger partial charge in [0.15, 0.2) is 0 Å². The van der Waals surface area contributed by atoms with Gasteiger partial charge < -0.3 is 4.90 Å². The van der Waals surface area contributed by atoms with Gasteiger partial charge >= 0.3 is 0 Å². The predicted molar refractivity (Wildman–Crippen MR) is 78.6 cm³/mol. The second-order valence-corrected chi connectivity index (χ2v) is 5.65. The van der Waals surface area contributed by atoms with Gasteiger partial charge in [-0.2, -0.15) is 0 Å². The molecule has 1 amide bonds. The molecule has 0 bridgehead atoms. The van der Waals surface area contributed by atoms with Crippen molar-refractivity contribution in [3.63, 3.8) is 0 Å². The standard InChI is InChI=1S/C16H15NOS/c18-16-11-6-12-17(16)14-9-4-5-10-15(14)19-13-7-2-1-3-8-13/h1-5,7-10H,6,11-12H2. The van der Waals surface area contributed by atoms with Crippen molar-refractivity contribution in [2.75, 3.05) is 11.4 Å². The van der Waals surface area contributed by atoms with E-state index in [9.17, 15) is 4.79 Å². The first-order valence-electron chi connectivity index (χ1n) is 6.47. The Bertz CT molecular complexity index is 582. The predicted octanol–water partition coefficient (Wildman–Crippen LogP) is 3.96. The fourth-order valence-corrected chi connectivity index (χ4v) is 3.26. The summed E-state index contributed by atoms with van der Waals surface area (Å²) in [5.74, 6) is 0.237. The topological polar surface area (TPSA) is 20.3 Å². The average molecular weight is 269 g/mol. The van der Waals surface area contributed by atoms with Crippen LogP contribution in [0.4, 0.5) is 5.69 Å². The molecule has 1 heterocycles. The van der Waals surface area contributed by atoms with E-state index in [1.807, 2.05) is 41.3 Å². The maximum atomic E-state index is 11.9. The Morgan fingerprint density at radius 1 is 0.947 bits per heavy atom. The molecular formula is C16H15NOS. The zero-order valence-corrected chi connectivity index (χ0v) is 11.4. The summed E-state index contributed by atoms with van der Waals surface area (Å²) in [5.41, 5.74) is 1.04. The largest absolute Gasteiger partial charge is 0.311 e. The maximum absolute atomic E-state index is 11.9. The van der Waals surface area contributed by atoms with Crippen molar-refractivity contribution < 1.29 is 4.79 Å². The molecule has 3 rings (SSSR count). The third-order valence-electron chi connectivity index (χ3n) is 3.20. The molecule has 96 valence electrons. The summed E-state index contributed by atoms with van der Waals surface area (Å²) in [6.07, 6.45) is 1.63. The lowest BCUT2D eigenvalue weighted by Gasteiger charge is -2.19. The van der Waals surface area contributed by atoms with E-state index in [0.29, 0.717) is 6.42 Å². The number of nitrogens with zero attached hydrogens (tertiary/aromatic N) is 1. The molecule has 2 nitrogen and oxygen atoms in total. The third-order valence-corrected chi connectivity index (χ3v) is 4.27. The first-order chi connectivity index (χ1) is 9.34. The molecule has 0 aliphatic carbocycles. The van der Waals surface area contributed by atoms with E-state index < -0.39 is 0 Å². The van der Waals surface area contributed by atoms with E-state index in [-0.39, 0.29) is 5.91 Å². The SMILES string of the molecule is O=C1CCCN1c1ccccc1Sc1ccccc1. The van der Waals surface area contributed by atoms with Gasteiger partial charge in [0.2, 0.25) is 5.91 Å². The summed E-state index contributed by atoms with van der Waals surface area (Å²) >= 11 is 1.71. The van der Waals surface area contributed by atoms with Crippen LogP contribution in [0.5, 0.6) is 0 Å². The number of anilines is 1. The number of amides is 1. The van der Waals surface area contributed by atoms with Gasteiger partial charge in [0.05, 0.1) is 5.69 Å². The number of para-hydroxylation sites is 1. The van der Waals surface area contributed by atoms with Gasteiger partial charge in [-0.15, -0.1) is 0 Å². The van der Waals surface area contributed by atoms with Crippen molar-refractivity contribution in [1.29, 1.82) is 0 Å². The molecule has 0 saturated carbocycles. The van der Waals surface area contributed by atoms with E-state index in [0.717, 1.165) is 23.5 Å². The molecule has 1 fully saturated rings. The summed E-state index contributed by atoms with van der Waals surface area (Å²) in [6, 6.07) is 18.4. The number of carbonyl (C=O) groups is 1. The van der Waals surface area contributed by atoms with E-state index in [2.05, 4.69) is 18.2 Å². The first-order valence-corrected chi connectivity index (χ1v) is 7.28. The van der Waals surface area contributed by atoms with Crippen LogP contribution in [0.1, 0.15) is 12.8 Å². The first kappa shape index (κ1) is 12.3. The van der Waals surface area contributed by atoms with E-state index in [1.165, 1.54) is 4.90 Å². The molecule has 0 aromatic heterocycles. The molecule has 2 aromatic carbocycles. The molecule has 0 N–H and O–H groups in total. The summed E-state index contributed by atoms with van der Waals surface area (Å²) in [4.78, 5) is 16.1. The van der Waals surface area contributed by atoms with E-state index >= 15 is 0 Å². The van der Waals surface area contributed by atoms with Gasteiger partial charge in [0.25, 0.3) is 0 Å². The fourth-order valence-electron chi connectivity index (χ4n) is 2.28. The van der Waals surface area contributed by atoms with Crippen LogP contribution in [-0.2, 0) is 4.79 Å². The zero-order valence-electron chi connectivity index (χ0n) is 10.6. The number of rotatable bonds is 3. The van der Waals surface area contributed by atoms with Gasteiger partial charge in [0, 0.05) is 22.8 Å². The van der Waals surface area contributed by atoms with Crippen molar-refractivity contribution in [3.8, 4) is 0 Å². The molecule has 1 aliphatic rings. The molecule has 0 atom stereocenters. The van der Waals surface area contributed by atoms with Crippen molar-refractivity contribution in [1.82, 2.24) is 0 Å². The van der Waals surface area contributed by atoms with Crippen LogP contribution < -0.4 is 4.90 Å². The number of hydrogen-bond donors (Lipinski definition) is 0. The summed E-state index contributed by atoms with van der Waals surface area (Å²) in [7, 11) is 0. The molecule has 0 spiro atoms. The lowest BCUT2D eigenvalue weighted by Crippen LogP contribution is -2.24. The highest BCUT2D eigenvalue weighted by atomic mass is 32.2. The Labute approximate surface area is 117 Å². The highest BCUT2D eigenvalue weighted by Crippen LogP contribution is 2.36. The summed E-state index contributed by atoms with van der Waals surface area (Å²) < 4.78 is 0. The van der Waals surface area contributed by atoms with Crippen LogP contribution in [0, 0.1) is 0 Å². The Hall–Kier alpha value is -1.74. The quantitative estimate of drug-likeness (QED) is 0.840. The van der Waals surface area contributed by atoms with Gasteiger partial charge in [-0.3, -0.25) is 4.79 Å². The molecule has 2 aromatic rings. The van der Waals surface area contributed by atoms with E-state index in [4.69, 9.17) is 0 Å². The highest BCUT2D eigenvalue weighted by Gasteiger charge is 2.23. The van der Waals surface area contributed by atoms with Gasteiger partial charge in [0.1, 0.15) is 0 Å². The van der Waals surface area contributed by atoms with Crippen LogP contribution in [-0.4, -0.2) is 12.5 Å². The van der Waals surface area contributed by atoms with Gasteiger partial charge in [-0.25, -0.2) is 0 Å². The minimum Gasteiger partial charge on any atom is -0.311 e. The molecular weight excluding hydrogens is 254 g/mol. The van der Waals surface area contributed by atoms with Gasteiger partial charge in [-0.05, 0) is 30.7 Å². The molecule has 1 saturated heterocycles. The Kier molecular flexibility index (Phi) is 3.56. The zero-order chi connectivity index (χ0) is 13.1. The summed E-state index contributed by atoms with van der Waals surface area (Å²) in [5, 5.41) is 0. The summed E-state index contributed by atoms with van der Waals surface area (Å²) in [6.45, 7) is 0.838. The Morgan fingerprint density at radius 2 is 1.68 bits per heavy atom. The molecule has 19 heavy (non-hydrogen) atoms. The minimum absolute atomic E-state index is 0.237. The van der Waals surface area contributed by atoms with Crippen LogP contribution in [0.2, 0.25) is 0 Å². The second kappa shape index (κ2) is 5.49. The highest BCUT2D eigenvalue weighted by molar-refractivity contribution is 7.99. The lowest BCUT2D eigenvalue weighted by molar-refractivity contribution is -0.117. The van der Waals surface area contributed by atoms with Crippen LogP contribution >= 0.6 is 11.8 Å². The average Bonchev–Trinajstić information content (AvgIpc) is 2.87. The second-order valence-electron chi connectivity index (χ2n) is 4.53. The Balaban J connectivity index is 1.91. The van der Waals surface area contributed by atoms with Crippen molar-refractivity contribution >= 4 is 23.4 Å². The lowest BCUT2D eigenvalue weighted by atomic mass is 10.3. The van der Waals surface area contributed by atoms with Gasteiger partial charge in [-0.1, -0.05) is 42.1 Å². The number of hydrogen-bond acceptors (Lipinski definition) is 2. The normalized spacial score (nSPS) is 14.9. The number of benzene rings is 2. The maximum Gasteiger partial charge on any atom is 0.227 e. The van der Waals surface area contributed by atoms with E-state index in [1.54, 1.807) is 11.8 Å². The van der Waals surface area contributed by atoms with Crippen LogP contribution in [0.15, 0.2) is 64.4 Å². The Morgan fingerprint density at radius 3 is 2.42 bits per heavy atom. The van der Waals surface area contributed by atoms with Crippen molar-refractivity contribution in [3.05, 3.63) is 54.6 Å². The minimum atomic E-state index is 0.237. The number of carbonyl (C=O) groups excluding carboxylic acids is 1. The third kappa shape index (κ3) is 2.66. The van der Waals surface area contributed by atoms with Crippen LogP contribution in [0.3, 0.4) is 0 Å². The smallest absolute Gasteiger partial charge is 0.227 e. The molecule has 1 aliphatic heterocycles.